The Balaban J connectivity index is 8.51. The summed E-state index contributed by atoms with van der Waals surface area (Å²) in [4.78, 5) is 101. The van der Waals surface area contributed by atoms with Crippen molar-refractivity contribution >= 4 is 124 Å². The van der Waals surface area contributed by atoms with Gasteiger partial charge in [0.05, 0.1) is 117 Å². The first-order valence-electron chi connectivity index (χ1n) is 31.5. The second kappa shape index (κ2) is 52.9. The lowest BCUT2D eigenvalue weighted by molar-refractivity contribution is -0.274. The summed E-state index contributed by atoms with van der Waals surface area (Å²) in [6.07, 6.45) is 1.96. The van der Waals surface area contributed by atoms with Crippen molar-refractivity contribution in [3.8, 4) is 0 Å². The predicted octanol–water partition coefficient (Wildman–Crippen LogP) is 13.8. The van der Waals surface area contributed by atoms with E-state index in [4.69, 9.17) is 62.5 Å². The SMILES string of the molecule is COOCC(CC(COCC(COCC(COC(=O)CCSC(C)C)(CC(COOC)SC(C)C)CC(COOC)SC(C)C)(COC(=O)CCSC(C)C)COC(=O)CCSC(C)C)(COC(=O)CCSC(C)C)COC(=O)CCSC(C)C)SC(C)C. The van der Waals surface area contributed by atoms with Gasteiger partial charge in [-0.3, -0.25) is 24.0 Å². The van der Waals surface area contributed by atoms with E-state index in [0.717, 1.165) is 0 Å². The molecule has 0 spiro atoms. The van der Waals surface area contributed by atoms with E-state index < -0.39 is 40.1 Å². The summed E-state index contributed by atoms with van der Waals surface area (Å²) in [5, 5.41) is 1.40. The van der Waals surface area contributed by atoms with Gasteiger partial charge in [0.1, 0.15) is 26.4 Å². The molecule has 89 heavy (non-hydrogen) atoms. The Morgan fingerprint density at radius 1 is 0.292 bits per heavy atom. The molecule has 0 saturated heterocycles. The van der Waals surface area contributed by atoms with Gasteiger partial charge in [-0.05, 0) is 61.3 Å². The van der Waals surface area contributed by atoms with Crippen LogP contribution in [0.5, 0.6) is 0 Å². The molecule has 3 atom stereocenters. The molecule has 0 aromatic heterocycles. The highest BCUT2D eigenvalue weighted by Crippen LogP contribution is 2.41. The van der Waals surface area contributed by atoms with Crippen molar-refractivity contribution in [2.45, 2.75) is 220 Å². The van der Waals surface area contributed by atoms with Gasteiger partial charge in [0, 0.05) is 49.9 Å². The highest BCUT2D eigenvalue weighted by Gasteiger charge is 2.44. The van der Waals surface area contributed by atoms with Crippen molar-refractivity contribution in [2.75, 3.05) is 129 Å². The Kier molecular flexibility index (Phi) is 52.8. The van der Waals surface area contributed by atoms with Crippen LogP contribution in [0.4, 0.5) is 0 Å². The molecule has 18 nitrogen and oxygen atoms in total. The quantitative estimate of drug-likeness (QED) is 0.0240. The highest BCUT2D eigenvalue weighted by atomic mass is 32.2. The lowest BCUT2D eigenvalue weighted by Gasteiger charge is -2.40. The molecule has 0 bridgehead atoms. The number of carbonyl (C=O) groups is 5. The van der Waals surface area contributed by atoms with E-state index in [1.807, 2.05) is 0 Å². The fourth-order valence-electron chi connectivity index (χ4n) is 8.77. The maximum absolute atomic E-state index is 13.9. The molecule has 26 heteroatoms. The monoisotopic (exact) mass is 1420 g/mol. The first-order valence-corrected chi connectivity index (χ1v) is 39.5. The normalized spacial score (nSPS) is 14.1. The second-order valence-electron chi connectivity index (χ2n) is 24.5. The number of esters is 5. The van der Waals surface area contributed by atoms with E-state index in [0.29, 0.717) is 57.4 Å². The van der Waals surface area contributed by atoms with Crippen molar-refractivity contribution < 1.29 is 86.5 Å². The molecule has 0 heterocycles. The minimum absolute atomic E-state index is 0.0125. The van der Waals surface area contributed by atoms with E-state index in [1.54, 1.807) is 94.1 Å². The summed E-state index contributed by atoms with van der Waals surface area (Å²) >= 11 is 13.3. The molecular formula is C63H118O18S8. The van der Waals surface area contributed by atoms with Crippen LogP contribution < -0.4 is 0 Å². The number of rotatable bonds is 59. The number of ether oxygens (including phenoxy) is 7. The van der Waals surface area contributed by atoms with Crippen molar-refractivity contribution in [1.82, 2.24) is 0 Å². The molecule has 0 rings (SSSR count). The number of thioether (sulfide) groups is 8. The van der Waals surface area contributed by atoms with Gasteiger partial charge in [0.2, 0.25) is 0 Å². The van der Waals surface area contributed by atoms with Crippen molar-refractivity contribution in [3.63, 3.8) is 0 Å². The van der Waals surface area contributed by atoms with Gasteiger partial charge in [0.25, 0.3) is 0 Å². The Labute approximate surface area is 571 Å². The molecule has 0 aliphatic heterocycles. The number of carbonyl (C=O) groups excluding carboxylic acids is 5. The maximum Gasteiger partial charge on any atom is 0.306 e. The third-order valence-electron chi connectivity index (χ3n) is 12.6. The minimum Gasteiger partial charge on any atom is -0.465 e. The Morgan fingerprint density at radius 3 is 0.742 bits per heavy atom. The Hall–Kier alpha value is -0.170. The standard InChI is InChI=1S/C63H118O18S8/c1-45(2)82-25-20-56(64)74-40-61(30-53(33-79-69-17)87-50(11)12,31-54(34-80-70-18)88-51(13)14)36-72-38-63(43-77-59(67)23-28-85-48(7)8,44-78-60(68)24-29-86-49(9)10)39-73-37-62(32-55(35-81-71-19)89-52(15)16,41-75-57(65)21-26-83-46(3)4)42-76-58(66)22-27-84-47(5)6/h45-55H,20-44H2,1-19H3. The Morgan fingerprint density at radius 2 is 0.506 bits per heavy atom. The van der Waals surface area contributed by atoms with Crippen molar-refractivity contribution in [1.29, 1.82) is 0 Å². The summed E-state index contributed by atoms with van der Waals surface area (Å²) in [6.45, 7) is 32.4. The van der Waals surface area contributed by atoms with Crippen LogP contribution in [0, 0.1) is 16.2 Å². The van der Waals surface area contributed by atoms with Gasteiger partial charge < -0.3 is 33.2 Å². The van der Waals surface area contributed by atoms with Crippen molar-refractivity contribution in [3.05, 3.63) is 0 Å². The van der Waals surface area contributed by atoms with E-state index >= 15 is 0 Å². The second-order valence-corrected chi connectivity index (χ2v) is 38.6. The highest BCUT2D eigenvalue weighted by molar-refractivity contribution is 8.01. The average Bonchev–Trinajstić information content (AvgIpc) is 2.43. The van der Waals surface area contributed by atoms with Gasteiger partial charge in [-0.2, -0.15) is 94.1 Å². The first kappa shape index (κ1) is 88.8. The molecule has 526 valence electrons. The third-order valence-corrected chi connectivity index (χ3v) is 21.8. The molecule has 0 amide bonds. The lowest BCUT2D eigenvalue weighted by Crippen LogP contribution is -2.47. The van der Waals surface area contributed by atoms with Crippen molar-refractivity contribution in [2.24, 2.45) is 16.2 Å². The first-order chi connectivity index (χ1) is 42.0. The van der Waals surface area contributed by atoms with Gasteiger partial charge in [-0.1, -0.05) is 111 Å². The summed E-state index contributed by atoms with van der Waals surface area (Å²) in [7, 11) is 4.39. The van der Waals surface area contributed by atoms with Gasteiger partial charge in [0.15, 0.2) is 0 Å². The van der Waals surface area contributed by atoms with Gasteiger partial charge in [-0.15, -0.1) is 0 Å². The van der Waals surface area contributed by atoms with Crippen LogP contribution in [0.2, 0.25) is 0 Å². The molecule has 0 N–H and O–H groups in total. The molecule has 3 unspecified atom stereocenters. The average molecular weight is 1420 g/mol. The third kappa shape index (κ3) is 49.1. The molecule has 0 saturated carbocycles. The predicted molar refractivity (Wildman–Crippen MR) is 377 cm³/mol. The zero-order valence-electron chi connectivity index (χ0n) is 57.6. The molecule has 0 aromatic rings. The molecule has 0 radical (unpaired) electrons. The lowest BCUT2D eigenvalue weighted by atomic mass is 9.79. The zero-order valence-corrected chi connectivity index (χ0v) is 64.2. The minimum atomic E-state index is -1.37. The van der Waals surface area contributed by atoms with E-state index in [9.17, 15) is 24.0 Å². The van der Waals surface area contributed by atoms with Crippen LogP contribution in [0.25, 0.3) is 0 Å². The summed E-state index contributed by atoms with van der Waals surface area (Å²) in [5.74, 6) is 0.671. The summed E-state index contributed by atoms with van der Waals surface area (Å²) in [5.41, 5.74) is -3.45. The summed E-state index contributed by atoms with van der Waals surface area (Å²) in [6, 6.07) is 0. The zero-order chi connectivity index (χ0) is 67.3. The molecular weight excluding hydrogens is 1300 g/mol. The molecule has 0 aromatic carbocycles. The molecule has 0 aliphatic rings. The molecule has 0 fully saturated rings. The van der Waals surface area contributed by atoms with Gasteiger partial charge >= 0.3 is 29.8 Å². The van der Waals surface area contributed by atoms with Crippen LogP contribution in [0.3, 0.4) is 0 Å². The van der Waals surface area contributed by atoms with Crippen LogP contribution in [-0.2, 0) is 86.5 Å². The fourth-order valence-corrected chi connectivity index (χ4v) is 16.6. The Bertz CT molecular complexity index is 1750. The summed E-state index contributed by atoms with van der Waals surface area (Å²) < 4.78 is 45.3. The smallest absolute Gasteiger partial charge is 0.306 e. The van der Waals surface area contributed by atoms with E-state index in [-0.39, 0.29) is 166 Å². The van der Waals surface area contributed by atoms with E-state index in [2.05, 4.69) is 111 Å². The van der Waals surface area contributed by atoms with E-state index in [1.165, 1.54) is 21.3 Å². The molecule has 0 aliphatic carbocycles. The number of hydrogen-bond donors (Lipinski definition) is 0. The van der Waals surface area contributed by atoms with Gasteiger partial charge in [-0.25, -0.2) is 29.3 Å². The largest absolute Gasteiger partial charge is 0.465 e. The van der Waals surface area contributed by atoms with Crippen LogP contribution >= 0.6 is 94.1 Å². The fraction of sp³-hybridized carbons (Fsp3) is 0.921. The topological polar surface area (TPSA) is 205 Å². The van der Waals surface area contributed by atoms with Crippen LogP contribution in [-0.4, -0.2) is 217 Å². The van der Waals surface area contributed by atoms with Crippen LogP contribution in [0.15, 0.2) is 0 Å². The number of hydrogen-bond acceptors (Lipinski definition) is 26. The van der Waals surface area contributed by atoms with Crippen LogP contribution in [0.1, 0.15) is 162 Å². The maximum atomic E-state index is 13.9.